The molecule has 0 aliphatic carbocycles. The monoisotopic (exact) mass is 436 g/mol. The van der Waals surface area contributed by atoms with E-state index >= 15 is 0 Å². The predicted octanol–water partition coefficient (Wildman–Crippen LogP) is 4.06. The van der Waals surface area contributed by atoms with Crippen molar-refractivity contribution in [2.45, 2.75) is 37.6 Å². The van der Waals surface area contributed by atoms with Crippen LogP contribution in [0, 0.1) is 11.7 Å². The Morgan fingerprint density at radius 1 is 1.31 bits per heavy atom. The van der Waals surface area contributed by atoms with Crippen molar-refractivity contribution >= 4 is 32.8 Å². The maximum Gasteiger partial charge on any atom is 0.243 e. The van der Waals surface area contributed by atoms with E-state index in [1.54, 1.807) is 6.20 Å². The van der Waals surface area contributed by atoms with Crippen LogP contribution in [0.25, 0.3) is 11.2 Å². The number of sulfonamides is 1. The third-order valence-corrected chi connectivity index (χ3v) is 7.44. The van der Waals surface area contributed by atoms with E-state index in [0.29, 0.717) is 19.5 Å². The first-order valence-electron chi connectivity index (χ1n) is 9.54. The molecule has 154 valence electrons. The number of nitrogens with zero attached hydrogens (tertiary/aromatic N) is 4. The largest absolute Gasteiger partial charge is 0.310 e. The lowest BCUT2D eigenvalue weighted by Crippen LogP contribution is -2.29. The lowest BCUT2D eigenvalue weighted by Gasteiger charge is -2.18. The zero-order chi connectivity index (χ0) is 20.8. The summed E-state index contributed by atoms with van der Waals surface area (Å²) in [6, 6.07) is 7.51. The van der Waals surface area contributed by atoms with Gasteiger partial charge < -0.3 is 4.57 Å². The first kappa shape index (κ1) is 20.3. The van der Waals surface area contributed by atoms with Crippen LogP contribution in [0.1, 0.15) is 32.1 Å². The Kier molecular flexibility index (Phi) is 5.35. The normalized spacial score (nSPS) is 18.2. The van der Waals surface area contributed by atoms with Crippen molar-refractivity contribution in [3.63, 3.8) is 0 Å². The molecule has 1 saturated heterocycles. The fraction of sp³-hybridized carbons (Fsp3) is 0.400. The van der Waals surface area contributed by atoms with E-state index in [1.165, 1.54) is 16.4 Å². The fourth-order valence-corrected chi connectivity index (χ4v) is 5.69. The van der Waals surface area contributed by atoms with Gasteiger partial charge in [0.2, 0.25) is 10.0 Å². The van der Waals surface area contributed by atoms with Gasteiger partial charge in [0.05, 0.1) is 9.92 Å². The second-order valence-corrected chi connectivity index (χ2v) is 9.98. The molecule has 1 fully saturated rings. The highest BCUT2D eigenvalue weighted by atomic mass is 35.5. The maximum atomic E-state index is 13.4. The van der Waals surface area contributed by atoms with Gasteiger partial charge in [-0.2, -0.15) is 4.31 Å². The summed E-state index contributed by atoms with van der Waals surface area (Å²) in [4.78, 5) is 9.21. The second-order valence-electron chi connectivity index (χ2n) is 7.64. The number of hydrogen-bond acceptors (Lipinski definition) is 4. The van der Waals surface area contributed by atoms with Crippen molar-refractivity contribution in [2.75, 3.05) is 13.1 Å². The summed E-state index contributed by atoms with van der Waals surface area (Å²) >= 11 is 5.77. The van der Waals surface area contributed by atoms with Crippen LogP contribution in [0.15, 0.2) is 41.4 Å². The molecule has 3 heterocycles. The van der Waals surface area contributed by atoms with E-state index in [-0.39, 0.29) is 21.9 Å². The molecule has 0 radical (unpaired) electrons. The number of rotatable bonds is 5. The van der Waals surface area contributed by atoms with Crippen LogP contribution in [0.5, 0.6) is 0 Å². The summed E-state index contributed by atoms with van der Waals surface area (Å²) in [7, 11) is -3.71. The second kappa shape index (κ2) is 7.66. The third-order valence-electron chi connectivity index (χ3n) is 5.29. The van der Waals surface area contributed by atoms with Crippen molar-refractivity contribution in [1.82, 2.24) is 18.8 Å². The molecule has 29 heavy (non-hydrogen) atoms. The zero-order valence-electron chi connectivity index (χ0n) is 16.2. The number of halogens is 2. The predicted molar refractivity (Wildman–Crippen MR) is 110 cm³/mol. The molecule has 0 N–H and O–H groups in total. The van der Waals surface area contributed by atoms with Gasteiger partial charge in [0.15, 0.2) is 5.65 Å². The van der Waals surface area contributed by atoms with Crippen molar-refractivity contribution in [3.05, 3.63) is 53.2 Å². The van der Waals surface area contributed by atoms with Crippen LogP contribution in [-0.4, -0.2) is 40.3 Å². The number of benzene rings is 1. The SMILES string of the molecule is CC(C)n1c(CC2CCN(S(=O)(=O)c3ccc(F)c(Cl)c3)C2)nc2cccnc21. The van der Waals surface area contributed by atoms with Gasteiger partial charge in [0.1, 0.15) is 17.2 Å². The summed E-state index contributed by atoms with van der Waals surface area (Å²) in [6.45, 7) is 4.99. The van der Waals surface area contributed by atoms with Crippen molar-refractivity contribution in [1.29, 1.82) is 0 Å². The molecule has 2 aromatic heterocycles. The lowest BCUT2D eigenvalue weighted by atomic mass is 10.0. The zero-order valence-corrected chi connectivity index (χ0v) is 17.8. The molecular weight excluding hydrogens is 415 g/mol. The van der Waals surface area contributed by atoms with Crippen LogP contribution >= 0.6 is 11.6 Å². The minimum atomic E-state index is -3.71. The van der Waals surface area contributed by atoms with Crippen molar-refractivity contribution in [3.8, 4) is 0 Å². The number of imidazole rings is 1. The van der Waals surface area contributed by atoms with E-state index in [1.807, 2.05) is 12.1 Å². The van der Waals surface area contributed by atoms with Crippen LogP contribution < -0.4 is 0 Å². The summed E-state index contributed by atoms with van der Waals surface area (Å²) in [5, 5.41) is -0.194. The van der Waals surface area contributed by atoms with Gasteiger partial charge in [0, 0.05) is 31.7 Å². The number of fused-ring (bicyclic) bond motifs is 1. The summed E-state index contributed by atoms with van der Waals surface area (Å²) in [5.74, 6) is 0.434. The summed E-state index contributed by atoms with van der Waals surface area (Å²) in [5.41, 5.74) is 1.69. The van der Waals surface area contributed by atoms with E-state index < -0.39 is 15.8 Å². The first-order valence-corrected chi connectivity index (χ1v) is 11.4. The van der Waals surface area contributed by atoms with Gasteiger partial charge in [-0.05, 0) is 56.5 Å². The highest BCUT2D eigenvalue weighted by Crippen LogP contribution is 2.29. The van der Waals surface area contributed by atoms with Gasteiger partial charge in [-0.15, -0.1) is 0 Å². The Morgan fingerprint density at radius 3 is 2.83 bits per heavy atom. The Labute approximate surface area is 174 Å². The molecule has 1 aliphatic rings. The van der Waals surface area contributed by atoms with Crippen molar-refractivity contribution in [2.24, 2.45) is 5.92 Å². The molecule has 6 nitrogen and oxygen atoms in total. The van der Waals surface area contributed by atoms with E-state index in [9.17, 15) is 12.8 Å². The smallest absolute Gasteiger partial charge is 0.243 e. The Balaban J connectivity index is 1.56. The minimum Gasteiger partial charge on any atom is -0.310 e. The van der Waals surface area contributed by atoms with Gasteiger partial charge in [-0.25, -0.2) is 22.8 Å². The fourth-order valence-electron chi connectivity index (χ4n) is 3.89. The number of pyridine rings is 1. The van der Waals surface area contributed by atoms with Crippen LogP contribution in [0.3, 0.4) is 0 Å². The van der Waals surface area contributed by atoms with Crippen molar-refractivity contribution < 1.29 is 12.8 Å². The molecule has 1 aromatic carbocycles. The Bertz CT molecular complexity index is 1160. The molecule has 0 bridgehead atoms. The maximum absolute atomic E-state index is 13.4. The molecular formula is C20H22ClFN4O2S. The average Bonchev–Trinajstić information content (AvgIpc) is 3.28. The van der Waals surface area contributed by atoms with Gasteiger partial charge in [0.25, 0.3) is 0 Å². The van der Waals surface area contributed by atoms with E-state index in [0.717, 1.165) is 29.5 Å². The molecule has 1 atom stereocenters. The first-order chi connectivity index (χ1) is 13.8. The number of aromatic nitrogens is 3. The quantitative estimate of drug-likeness (QED) is 0.604. The average molecular weight is 437 g/mol. The van der Waals surface area contributed by atoms with Crippen LogP contribution in [0.2, 0.25) is 5.02 Å². The molecule has 9 heteroatoms. The van der Waals surface area contributed by atoms with Gasteiger partial charge in [-0.1, -0.05) is 11.6 Å². The molecule has 1 unspecified atom stereocenters. The molecule has 0 saturated carbocycles. The van der Waals surface area contributed by atoms with E-state index in [4.69, 9.17) is 16.6 Å². The minimum absolute atomic E-state index is 0.0168. The van der Waals surface area contributed by atoms with Gasteiger partial charge in [-0.3, -0.25) is 0 Å². The van der Waals surface area contributed by atoms with Crippen LogP contribution in [-0.2, 0) is 16.4 Å². The topological polar surface area (TPSA) is 68.1 Å². The standard InChI is InChI=1S/C20H22ClFN4O2S/c1-13(2)26-19(24-18-4-3-8-23-20(18)26)10-14-7-9-25(12-14)29(27,28)15-5-6-17(22)16(21)11-15/h3-6,8,11,13-14H,7,9-10,12H2,1-2H3. The number of hydrogen-bond donors (Lipinski definition) is 0. The Hall–Kier alpha value is -2.03. The highest BCUT2D eigenvalue weighted by Gasteiger charge is 2.34. The summed E-state index contributed by atoms with van der Waals surface area (Å²) in [6.07, 6.45) is 3.16. The summed E-state index contributed by atoms with van der Waals surface area (Å²) < 4.78 is 42.8. The highest BCUT2D eigenvalue weighted by molar-refractivity contribution is 7.89. The van der Waals surface area contributed by atoms with Gasteiger partial charge >= 0.3 is 0 Å². The molecule has 0 spiro atoms. The van der Waals surface area contributed by atoms with E-state index in [2.05, 4.69) is 23.4 Å². The third kappa shape index (κ3) is 3.76. The lowest BCUT2D eigenvalue weighted by molar-refractivity contribution is 0.447. The molecule has 0 amide bonds. The molecule has 3 aromatic rings. The van der Waals surface area contributed by atoms with Crippen LogP contribution in [0.4, 0.5) is 4.39 Å². The Morgan fingerprint density at radius 2 is 2.10 bits per heavy atom. The molecule has 4 rings (SSSR count). The molecule has 1 aliphatic heterocycles.